The number of carbonyl (C=O) groups excluding carboxylic acids is 1. The van der Waals surface area contributed by atoms with E-state index < -0.39 is 0 Å². The molecule has 6 rings (SSSR count). The minimum atomic E-state index is -0.0688. The summed E-state index contributed by atoms with van der Waals surface area (Å²) in [6.07, 6.45) is 13.0. The first-order chi connectivity index (χ1) is 14.1. The molecule has 0 spiro atoms. The lowest BCUT2D eigenvalue weighted by Crippen LogP contribution is -2.47. The van der Waals surface area contributed by atoms with Crippen LogP contribution in [0, 0.1) is 23.2 Å². The first kappa shape index (κ1) is 19.3. The summed E-state index contributed by atoms with van der Waals surface area (Å²) in [6.45, 7) is 4.60. The van der Waals surface area contributed by atoms with E-state index in [1.165, 1.54) is 61.6 Å². The van der Waals surface area contributed by atoms with E-state index in [1.807, 2.05) is 11.5 Å². The summed E-state index contributed by atoms with van der Waals surface area (Å²) in [5.74, 6) is 4.09. The number of rotatable bonds is 8. The van der Waals surface area contributed by atoms with E-state index in [4.69, 9.17) is 0 Å². The molecule has 2 heterocycles. The monoisotopic (exact) mass is 429 g/mol. The van der Waals surface area contributed by atoms with Crippen LogP contribution in [0.1, 0.15) is 44.3 Å². The van der Waals surface area contributed by atoms with Crippen LogP contribution >= 0.6 is 23.1 Å². The van der Waals surface area contributed by atoms with Crippen molar-refractivity contribution in [3.63, 3.8) is 0 Å². The van der Waals surface area contributed by atoms with Crippen molar-refractivity contribution in [1.29, 1.82) is 0 Å². The van der Waals surface area contributed by atoms with Crippen molar-refractivity contribution in [1.82, 2.24) is 19.7 Å². The Labute approximate surface area is 179 Å². The van der Waals surface area contributed by atoms with Crippen LogP contribution in [0.3, 0.4) is 0 Å². The van der Waals surface area contributed by atoms with Crippen molar-refractivity contribution in [2.75, 3.05) is 11.1 Å². The Morgan fingerprint density at radius 3 is 2.62 bits per heavy atom. The fourth-order valence-corrected chi connectivity index (χ4v) is 7.59. The molecule has 0 unspecified atom stereocenters. The third-order valence-corrected chi connectivity index (χ3v) is 8.47. The second kappa shape index (κ2) is 7.87. The lowest BCUT2D eigenvalue weighted by molar-refractivity contribution is -0.113. The highest BCUT2D eigenvalue weighted by Crippen LogP contribution is 2.61. The third kappa shape index (κ3) is 4.01. The number of nitrogens with one attached hydrogen (secondary N) is 1. The van der Waals surface area contributed by atoms with Gasteiger partial charge in [0.05, 0.1) is 5.75 Å². The number of allylic oxidation sites excluding steroid dienone is 1. The Hall–Kier alpha value is -1.67. The summed E-state index contributed by atoms with van der Waals surface area (Å²) in [4.78, 5) is 16.3. The molecule has 4 bridgehead atoms. The average Bonchev–Trinajstić information content (AvgIpc) is 3.30. The molecule has 6 nitrogen and oxygen atoms in total. The van der Waals surface area contributed by atoms with Gasteiger partial charge in [-0.2, -0.15) is 0 Å². The van der Waals surface area contributed by atoms with Crippen LogP contribution in [0.4, 0.5) is 5.13 Å². The maximum Gasteiger partial charge on any atom is 0.236 e. The third-order valence-electron chi connectivity index (χ3n) is 6.81. The second-order valence-corrected chi connectivity index (χ2v) is 10.9. The van der Waals surface area contributed by atoms with Gasteiger partial charge >= 0.3 is 0 Å². The predicted molar refractivity (Wildman–Crippen MR) is 116 cm³/mol. The molecule has 0 saturated heterocycles. The molecule has 154 valence electrons. The second-order valence-electron chi connectivity index (χ2n) is 9.07. The van der Waals surface area contributed by atoms with Crippen molar-refractivity contribution >= 4 is 34.1 Å². The molecule has 4 aliphatic carbocycles. The Balaban J connectivity index is 1.28. The lowest BCUT2D eigenvalue weighted by Gasteiger charge is -2.56. The number of hydrogen-bond acceptors (Lipinski definition) is 6. The fourth-order valence-electron chi connectivity index (χ4n) is 6.28. The van der Waals surface area contributed by atoms with E-state index in [2.05, 4.69) is 31.6 Å². The number of thiazole rings is 1. The van der Waals surface area contributed by atoms with Crippen LogP contribution in [0.15, 0.2) is 29.4 Å². The lowest BCUT2D eigenvalue weighted by atomic mass is 9.49. The van der Waals surface area contributed by atoms with Gasteiger partial charge in [-0.05, 0) is 61.7 Å². The van der Waals surface area contributed by atoms with Gasteiger partial charge in [0.1, 0.15) is 5.82 Å². The smallest absolute Gasteiger partial charge is 0.236 e. The molecule has 2 aromatic rings. The largest absolute Gasteiger partial charge is 0.302 e. The van der Waals surface area contributed by atoms with E-state index >= 15 is 0 Å². The summed E-state index contributed by atoms with van der Waals surface area (Å²) < 4.78 is 2.16. The van der Waals surface area contributed by atoms with Gasteiger partial charge in [0.25, 0.3) is 0 Å². The number of anilines is 1. The minimum absolute atomic E-state index is 0.0688. The molecule has 0 aliphatic heterocycles. The highest BCUT2D eigenvalue weighted by atomic mass is 32.2. The van der Waals surface area contributed by atoms with Crippen molar-refractivity contribution in [2.45, 2.75) is 56.6 Å². The normalized spacial score (nSPS) is 29.9. The van der Waals surface area contributed by atoms with Crippen LogP contribution in [0.25, 0.3) is 0 Å². The predicted octanol–water partition coefficient (Wildman–Crippen LogP) is 4.41. The Kier molecular flexibility index (Phi) is 5.24. The topological polar surface area (TPSA) is 72.7 Å². The van der Waals surface area contributed by atoms with Crippen molar-refractivity contribution in [3.05, 3.63) is 30.1 Å². The van der Waals surface area contributed by atoms with Gasteiger partial charge in [0.15, 0.2) is 10.3 Å². The standard InChI is InChI=1S/C21H27N5OS2/c1-2-4-26-17(12-21-9-14-6-15(10-21)8-16(7-14)11-21)24-25-20(26)29-13-18(27)23-19-22-3-5-28-19/h2-3,5,14-16H,1,4,6-13H2,(H,22,23,27). The maximum atomic E-state index is 12.2. The van der Waals surface area contributed by atoms with Crippen LogP contribution in [-0.2, 0) is 17.8 Å². The van der Waals surface area contributed by atoms with Gasteiger partial charge in [0, 0.05) is 24.5 Å². The molecule has 2 aromatic heterocycles. The van der Waals surface area contributed by atoms with Gasteiger partial charge in [-0.25, -0.2) is 4.98 Å². The van der Waals surface area contributed by atoms with Crippen LogP contribution in [0.2, 0.25) is 0 Å². The van der Waals surface area contributed by atoms with Gasteiger partial charge < -0.3 is 9.88 Å². The van der Waals surface area contributed by atoms with Gasteiger partial charge in [0.2, 0.25) is 5.91 Å². The Morgan fingerprint density at radius 1 is 1.28 bits per heavy atom. The van der Waals surface area contributed by atoms with Crippen molar-refractivity contribution < 1.29 is 4.79 Å². The van der Waals surface area contributed by atoms with E-state index in [-0.39, 0.29) is 5.91 Å². The summed E-state index contributed by atoms with van der Waals surface area (Å²) in [6, 6.07) is 0. The van der Waals surface area contributed by atoms with E-state index in [0.29, 0.717) is 22.8 Å². The maximum absolute atomic E-state index is 12.2. The van der Waals surface area contributed by atoms with E-state index in [1.54, 1.807) is 6.20 Å². The molecule has 4 aliphatic rings. The summed E-state index contributed by atoms with van der Waals surface area (Å²) in [7, 11) is 0. The molecule has 29 heavy (non-hydrogen) atoms. The zero-order chi connectivity index (χ0) is 19.8. The van der Waals surface area contributed by atoms with Crippen LogP contribution in [-0.4, -0.2) is 31.4 Å². The first-order valence-corrected chi connectivity index (χ1v) is 12.3. The molecular weight excluding hydrogens is 402 g/mol. The number of carbonyl (C=O) groups is 1. The molecule has 0 aromatic carbocycles. The van der Waals surface area contributed by atoms with Crippen molar-refractivity contribution in [2.24, 2.45) is 23.2 Å². The highest BCUT2D eigenvalue weighted by molar-refractivity contribution is 7.99. The zero-order valence-corrected chi connectivity index (χ0v) is 18.2. The molecular formula is C21H27N5OS2. The molecule has 0 atom stereocenters. The molecule has 1 N–H and O–H groups in total. The summed E-state index contributed by atoms with van der Waals surface area (Å²) >= 11 is 2.86. The fraction of sp³-hybridized carbons (Fsp3) is 0.619. The van der Waals surface area contributed by atoms with Gasteiger partial charge in [-0.3, -0.25) is 4.79 Å². The first-order valence-electron chi connectivity index (χ1n) is 10.5. The molecule has 0 radical (unpaired) electrons. The van der Waals surface area contributed by atoms with Crippen LogP contribution in [0.5, 0.6) is 0 Å². The number of hydrogen-bond donors (Lipinski definition) is 1. The number of amides is 1. The SMILES string of the molecule is C=CCn1c(CC23CC4CC(CC(C4)C2)C3)nnc1SCC(=O)Nc1nccs1. The molecule has 4 fully saturated rings. The van der Waals surface area contributed by atoms with E-state index in [0.717, 1.165) is 35.2 Å². The van der Waals surface area contributed by atoms with E-state index in [9.17, 15) is 4.79 Å². The van der Waals surface area contributed by atoms with Gasteiger partial charge in [-0.1, -0.05) is 17.8 Å². The van der Waals surface area contributed by atoms with Crippen LogP contribution < -0.4 is 5.32 Å². The summed E-state index contributed by atoms with van der Waals surface area (Å²) in [5, 5.41) is 15.1. The molecule has 1 amide bonds. The Morgan fingerprint density at radius 2 is 2.00 bits per heavy atom. The number of aromatic nitrogens is 4. The summed E-state index contributed by atoms with van der Waals surface area (Å²) in [5.41, 5.74) is 0.421. The average molecular weight is 430 g/mol. The van der Waals surface area contributed by atoms with Crippen molar-refractivity contribution in [3.8, 4) is 0 Å². The molecule has 4 saturated carbocycles. The zero-order valence-electron chi connectivity index (χ0n) is 16.5. The highest BCUT2D eigenvalue weighted by Gasteiger charge is 2.51. The quantitative estimate of drug-likeness (QED) is 0.497. The number of thioether (sulfide) groups is 1. The van der Waals surface area contributed by atoms with Gasteiger partial charge in [-0.15, -0.1) is 28.1 Å². The molecule has 8 heteroatoms. The Bertz CT molecular complexity index is 856. The minimum Gasteiger partial charge on any atom is -0.302 e. The number of nitrogens with zero attached hydrogens (tertiary/aromatic N) is 4.